The van der Waals surface area contributed by atoms with Gasteiger partial charge in [-0.1, -0.05) is 23.4 Å². The number of amides is 1. The van der Waals surface area contributed by atoms with Crippen molar-refractivity contribution in [2.24, 2.45) is 10.9 Å². The number of benzene rings is 1. The number of amidine groups is 1. The fraction of sp³-hybridized carbons (Fsp3) is 0.429. The van der Waals surface area contributed by atoms with Gasteiger partial charge in [0.1, 0.15) is 5.84 Å². The molecular weight excluding hydrogens is 274 g/mol. The molecule has 0 fully saturated rings. The van der Waals surface area contributed by atoms with Gasteiger partial charge < -0.3 is 15.8 Å². The summed E-state index contributed by atoms with van der Waals surface area (Å²) in [4.78, 5) is 15.6. The van der Waals surface area contributed by atoms with Crippen LogP contribution in [0.5, 0.6) is 0 Å². The number of nitrogens with two attached hydrogens (primary N) is 1. The summed E-state index contributed by atoms with van der Waals surface area (Å²) in [5, 5.41) is 11.5. The van der Waals surface area contributed by atoms with Crippen molar-refractivity contribution in [3.05, 3.63) is 29.8 Å². The van der Waals surface area contributed by atoms with Crippen LogP contribution < -0.4 is 5.73 Å². The van der Waals surface area contributed by atoms with Crippen molar-refractivity contribution in [1.29, 1.82) is 0 Å². The summed E-state index contributed by atoms with van der Waals surface area (Å²) in [6.45, 7) is 3.05. The highest BCUT2D eigenvalue weighted by atomic mass is 32.2. The van der Waals surface area contributed by atoms with Crippen LogP contribution >= 0.6 is 11.8 Å². The summed E-state index contributed by atoms with van der Waals surface area (Å²) in [6.07, 6.45) is 0.386. The number of carbonyl (C=O) groups excluding carboxylic acids is 1. The van der Waals surface area contributed by atoms with Crippen LogP contribution in [0.25, 0.3) is 0 Å². The summed E-state index contributed by atoms with van der Waals surface area (Å²) >= 11 is 1.73. The van der Waals surface area contributed by atoms with Gasteiger partial charge >= 0.3 is 0 Å². The van der Waals surface area contributed by atoms with Crippen molar-refractivity contribution in [3.8, 4) is 0 Å². The number of hydrogen-bond donors (Lipinski definition) is 2. The molecule has 0 aromatic heterocycles. The van der Waals surface area contributed by atoms with Gasteiger partial charge in [-0.2, -0.15) is 0 Å². The van der Waals surface area contributed by atoms with Crippen LogP contribution in [0.2, 0.25) is 0 Å². The minimum Gasteiger partial charge on any atom is -0.409 e. The lowest BCUT2D eigenvalue weighted by Crippen LogP contribution is -2.37. The molecule has 0 radical (unpaired) electrons. The van der Waals surface area contributed by atoms with Crippen LogP contribution in [0.3, 0.4) is 0 Å². The van der Waals surface area contributed by atoms with Crippen LogP contribution in [0.15, 0.2) is 34.3 Å². The third kappa shape index (κ3) is 3.07. The minimum absolute atomic E-state index is 0.0801. The number of hydrogen-bond acceptors (Lipinski definition) is 4. The molecule has 1 atom stereocenters. The molecule has 0 bridgehead atoms. The SMILES string of the molecule is CCN(CCC(N)=NO)C(=O)C1CSc2ccccc21. The molecule has 1 aliphatic rings. The Bertz CT molecular complexity index is 519. The maximum Gasteiger partial charge on any atom is 0.231 e. The molecule has 6 heteroatoms. The van der Waals surface area contributed by atoms with E-state index < -0.39 is 0 Å². The van der Waals surface area contributed by atoms with Crippen LogP contribution in [-0.4, -0.2) is 40.7 Å². The van der Waals surface area contributed by atoms with E-state index in [0.29, 0.717) is 19.5 Å². The molecule has 0 saturated carbocycles. The van der Waals surface area contributed by atoms with Gasteiger partial charge in [0.2, 0.25) is 5.91 Å². The Kier molecular flexibility index (Phi) is 4.89. The molecule has 108 valence electrons. The molecule has 0 aliphatic carbocycles. The summed E-state index contributed by atoms with van der Waals surface area (Å²) in [5.74, 6) is 0.981. The topological polar surface area (TPSA) is 78.9 Å². The molecular formula is C14H19N3O2S. The second-order valence-corrected chi connectivity index (χ2v) is 5.72. The van der Waals surface area contributed by atoms with Crippen molar-refractivity contribution >= 4 is 23.5 Å². The zero-order valence-electron chi connectivity index (χ0n) is 11.5. The maximum absolute atomic E-state index is 12.6. The van der Waals surface area contributed by atoms with E-state index in [1.54, 1.807) is 16.7 Å². The lowest BCUT2D eigenvalue weighted by molar-refractivity contribution is -0.132. The van der Waals surface area contributed by atoms with E-state index in [1.807, 2.05) is 25.1 Å². The minimum atomic E-state index is -0.0801. The molecule has 5 nitrogen and oxygen atoms in total. The van der Waals surface area contributed by atoms with Crippen molar-refractivity contribution < 1.29 is 10.0 Å². The first-order valence-corrected chi connectivity index (χ1v) is 7.62. The van der Waals surface area contributed by atoms with Gasteiger partial charge in [0.25, 0.3) is 0 Å². The normalized spacial score (nSPS) is 17.9. The van der Waals surface area contributed by atoms with Crippen LogP contribution in [-0.2, 0) is 4.79 Å². The first-order valence-electron chi connectivity index (χ1n) is 6.64. The molecule has 3 N–H and O–H groups in total. The van der Waals surface area contributed by atoms with Gasteiger partial charge in [-0.05, 0) is 18.6 Å². The van der Waals surface area contributed by atoms with Crippen LogP contribution in [0, 0.1) is 0 Å². The summed E-state index contributed by atoms with van der Waals surface area (Å²) in [7, 11) is 0. The number of carbonyl (C=O) groups is 1. The Morgan fingerprint density at radius 2 is 2.30 bits per heavy atom. The highest BCUT2D eigenvalue weighted by Gasteiger charge is 2.31. The third-order valence-corrected chi connectivity index (χ3v) is 4.64. The molecule has 0 saturated heterocycles. The van der Waals surface area contributed by atoms with Gasteiger partial charge in [0.05, 0.1) is 5.92 Å². The second-order valence-electron chi connectivity index (χ2n) is 4.66. The highest BCUT2D eigenvalue weighted by molar-refractivity contribution is 7.99. The molecule has 1 amide bonds. The highest BCUT2D eigenvalue weighted by Crippen LogP contribution is 2.40. The van der Waals surface area contributed by atoms with E-state index in [4.69, 9.17) is 10.9 Å². The van der Waals surface area contributed by atoms with Crippen molar-refractivity contribution in [1.82, 2.24) is 4.90 Å². The lowest BCUT2D eigenvalue weighted by atomic mass is 10.00. The number of thioether (sulfide) groups is 1. The second kappa shape index (κ2) is 6.65. The van der Waals surface area contributed by atoms with E-state index >= 15 is 0 Å². The van der Waals surface area contributed by atoms with E-state index in [0.717, 1.165) is 11.3 Å². The fourth-order valence-corrected chi connectivity index (χ4v) is 3.53. The van der Waals surface area contributed by atoms with Gasteiger partial charge in [-0.15, -0.1) is 11.8 Å². The molecule has 1 heterocycles. The number of nitrogens with zero attached hydrogens (tertiary/aromatic N) is 2. The smallest absolute Gasteiger partial charge is 0.231 e. The average molecular weight is 293 g/mol. The molecule has 2 rings (SSSR count). The van der Waals surface area contributed by atoms with Crippen LogP contribution in [0.4, 0.5) is 0 Å². The van der Waals surface area contributed by atoms with E-state index in [2.05, 4.69) is 11.2 Å². The van der Waals surface area contributed by atoms with Gasteiger partial charge in [0, 0.05) is 30.2 Å². The van der Waals surface area contributed by atoms with Crippen LogP contribution in [0.1, 0.15) is 24.8 Å². The third-order valence-electron chi connectivity index (χ3n) is 3.46. The quantitative estimate of drug-likeness (QED) is 0.376. The predicted molar refractivity (Wildman–Crippen MR) is 80.2 cm³/mol. The Balaban J connectivity index is 2.06. The molecule has 20 heavy (non-hydrogen) atoms. The van der Waals surface area contributed by atoms with Crippen molar-refractivity contribution in [2.45, 2.75) is 24.2 Å². The Hall–Kier alpha value is -1.69. The van der Waals surface area contributed by atoms with Gasteiger partial charge in [-0.25, -0.2) is 0 Å². The Labute approximate surface area is 122 Å². The molecule has 1 aliphatic heterocycles. The van der Waals surface area contributed by atoms with Crippen molar-refractivity contribution in [3.63, 3.8) is 0 Å². The first kappa shape index (κ1) is 14.7. The van der Waals surface area contributed by atoms with Crippen molar-refractivity contribution in [2.75, 3.05) is 18.8 Å². The van der Waals surface area contributed by atoms with E-state index in [1.165, 1.54) is 4.90 Å². The largest absolute Gasteiger partial charge is 0.409 e. The first-order chi connectivity index (χ1) is 9.67. The maximum atomic E-state index is 12.6. The predicted octanol–water partition coefficient (Wildman–Crippen LogP) is 1.86. The van der Waals surface area contributed by atoms with E-state index in [9.17, 15) is 4.79 Å². The monoisotopic (exact) mass is 293 g/mol. The standard InChI is InChI=1S/C14H19N3O2S/c1-2-17(8-7-13(15)16-19)14(18)11-9-20-12-6-4-3-5-10(11)12/h3-6,11,19H,2,7-9H2,1H3,(H2,15,16). The molecule has 1 aromatic rings. The molecule has 1 aromatic carbocycles. The fourth-order valence-electron chi connectivity index (χ4n) is 2.31. The summed E-state index contributed by atoms with van der Waals surface area (Å²) in [6, 6.07) is 8.04. The van der Waals surface area contributed by atoms with E-state index in [-0.39, 0.29) is 17.7 Å². The Morgan fingerprint density at radius 1 is 1.55 bits per heavy atom. The Morgan fingerprint density at radius 3 is 3.00 bits per heavy atom. The number of likely N-dealkylation sites (N-methyl/N-ethyl adjacent to an activating group) is 1. The summed E-state index contributed by atoms with van der Waals surface area (Å²) in [5.41, 5.74) is 6.58. The average Bonchev–Trinajstić information content (AvgIpc) is 2.91. The number of oxime groups is 1. The van der Waals surface area contributed by atoms with Gasteiger partial charge in [0.15, 0.2) is 0 Å². The number of rotatable bonds is 5. The molecule has 0 spiro atoms. The zero-order valence-corrected chi connectivity index (χ0v) is 12.3. The lowest BCUT2D eigenvalue weighted by Gasteiger charge is -2.24. The summed E-state index contributed by atoms with van der Waals surface area (Å²) < 4.78 is 0. The molecule has 1 unspecified atom stereocenters. The number of fused-ring (bicyclic) bond motifs is 1. The zero-order chi connectivity index (χ0) is 14.5. The van der Waals surface area contributed by atoms with Gasteiger partial charge in [-0.3, -0.25) is 4.79 Å².